The van der Waals surface area contributed by atoms with Gasteiger partial charge in [-0.05, 0) is 24.3 Å². The topological polar surface area (TPSA) is 58.6 Å². The summed E-state index contributed by atoms with van der Waals surface area (Å²) >= 11 is 1.92. The van der Waals surface area contributed by atoms with Crippen LogP contribution in [0.3, 0.4) is 0 Å². The minimum Gasteiger partial charge on any atom is -0.409 e. The second-order valence-electron chi connectivity index (χ2n) is 3.73. The molecule has 3 nitrogen and oxygen atoms in total. The lowest BCUT2D eigenvalue weighted by atomic mass is 9.89. The summed E-state index contributed by atoms with van der Waals surface area (Å²) in [5.74, 6) is 2.58. The van der Waals surface area contributed by atoms with Gasteiger partial charge in [0.15, 0.2) is 0 Å². The van der Waals surface area contributed by atoms with Crippen molar-refractivity contribution < 1.29 is 5.21 Å². The summed E-state index contributed by atoms with van der Waals surface area (Å²) in [4.78, 5) is 0. The van der Waals surface area contributed by atoms with E-state index in [4.69, 9.17) is 10.9 Å². The molecule has 0 radical (unpaired) electrons. The maximum atomic E-state index is 8.53. The van der Waals surface area contributed by atoms with Crippen molar-refractivity contribution in [1.82, 2.24) is 0 Å². The molecule has 0 aromatic carbocycles. The van der Waals surface area contributed by atoms with E-state index in [1.54, 1.807) is 0 Å². The van der Waals surface area contributed by atoms with Crippen molar-refractivity contribution in [3.8, 4) is 0 Å². The summed E-state index contributed by atoms with van der Waals surface area (Å²) in [5.41, 5.74) is 5.37. The molecule has 0 aliphatic heterocycles. The molecule has 0 bridgehead atoms. The fourth-order valence-electron chi connectivity index (χ4n) is 0.837. The maximum Gasteiger partial charge on any atom is 0.144 e. The van der Waals surface area contributed by atoms with Crippen molar-refractivity contribution in [1.29, 1.82) is 0 Å². The molecule has 0 saturated heterocycles. The molecule has 4 heteroatoms. The van der Waals surface area contributed by atoms with Crippen molar-refractivity contribution in [2.24, 2.45) is 16.3 Å². The van der Waals surface area contributed by atoms with Gasteiger partial charge >= 0.3 is 0 Å². The highest BCUT2D eigenvalue weighted by molar-refractivity contribution is 7.99. The van der Waals surface area contributed by atoms with Gasteiger partial charge in [0, 0.05) is 5.41 Å². The Kier molecular flexibility index (Phi) is 5.95. The molecule has 0 spiro atoms. The normalized spacial score (nSPS) is 13.3. The van der Waals surface area contributed by atoms with E-state index >= 15 is 0 Å². The van der Waals surface area contributed by atoms with E-state index < -0.39 is 0 Å². The van der Waals surface area contributed by atoms with E-state index in [-0.39, 0.29) is 5.41 Å². The first-order valence-electron chi connectivity index (χ1n) is 4.60. The van der Waals surface area contributed by atoms with Crippen LogP contribution in [0, 0.1) is 5.41 Å². The van der Waals surface area contributed by atoms with E-state index in [0.717, 1.165) is 12.2 Å². The maximum absolute atomic E-state index is 8.53. The van der Waals surface area contributed by atoms with E-state index in [2.05, 4.69) is 12.1 Å². The number of nitrogens with zero attached hydrogens (tertiary/aromatic N) is 1. The van der Waals surface area contributed by atoms with Crippen LogP contribution in [-0.2, 0) is 0 Å². The zero-order valence-corrected chi connectivity index (χ0v) is 9.52. The van der Waals surface area contributed by atoms with E-state index in [0.29, 0.717) is 5.84 Å². The summed E-state index contributed by atoms with van der Waals surface area (Å²) in [7, 11) is 0. The van der Waals surface area contributed by atoms with Crippen LogP contribution in [0.25, 0.3) is 0 Å². The number of rotatable bonds is 6. The van der Waals surface area contributed by atoms with E-state index in [9.17, 15) is 0 Å². The van der Waals surface area contributed by atoms with E-state index in [1.807, 2.05) is 25.6 Å². The van der Waals surface area contributed by atoms with Gasteiger partial charge in [0.1, 0.15) is 5.84 Å². The number of hydrogen-bond donors (Lipinski definition) is 2. The van der Waals surface area contributed by atoms with Gasteiger partial charge in [0.05, 0.1) is 0 Å². The molecule has 0 fully saturated rings. The lowest BCUT2D eigenvalue weighted by molar-refractivity contribution is 0.307. The van der Waals surface area contributed by atoms with Crippen LogP contribution in [0.1, 0.15) is 33.6 Å². The summed E-state index contributed by atoms with van der Waals surface area (Å²) in [6.45, 7) is 6.16. The van der Waals surface area contributed by atoms with Crippen LogP contribution in [-0.4, -0.2) is 22.5 Å². The quantitative estimate of drug-likeness (QED) is 0.229. The Bertz CT molecular complexity index is 169. The Morgan fingerprint density at radius 3 is 2.54 bits per heavy atom. The van der Waals surface area contributed by atoms with Crippen LogP contribution >= 0.6 is 11.8 Å². The first kappa shape index (κ1) is 12.6. The van der Waals surface area contributed by atoms with Gasteiger partial charge in [0.2, 0.25) is 0 Å². The Labute approximate surface area is 84.8 Å². The lowest BCUT2D eigenvalue weighted by Crippen LogP contribution is -2.32. The second kappa shape index (κ2) is 6.13. The molecule has 0 aliphatic carbocycles. The van der Waals surface area contributed by atoms with E-state index in [1.165, 1.54) is 12.2 Å². The minimum absolute atomic E-state index is 0.185. The molecule has 78 valence electrons. The predicted molar refractivity (Wildman–Crippen MR) is 59.4 cm³/mol. The third-order valence-electron chi connectivity index (χ3n) is 2.02. The van der Waals surface area contributed by atoms with Gasteiger partial charge in [-0.25, -0.2) is 0 Å². The number of thioether (sulfide) groups is 1. The summed E-state index contributed by atoms with van der Waals surface area (Å²) in [5, 5.41) is 11.6. The summed E-state index contributed by atoms with van der Waals surface area (Å²) in [6, 6.07) is 0. The van der Waals surface area contributed by atoms with Crippen molar-refractivity contribution in [3.05, 3.63) is 0 Å². The monoisotopic (exact) mass is 204 g/mol. The average molecular weight is 204 g/mol. The Morgan fingerprint density at radius 2 is 2.08 bits per heavy atom. The molecular weight excluding hydrogens is 184 g/mol. The molecule has 0 aliphatic rings. The van der Waals surface area contributed by atoms with Gasteiger partial charge in [-0.15, -0.1) is 0 Å². The molecule has 0 amide bonds. The number of hydrogen-bond acceptors (Lipinski definition) is 3. The molecular formula is C9H20N2OS. The Balaban J connectivity index is 3.76. The highest BCUT2D eigenvalue weighted by Gasteiger charge is 2.22. The third kappa shape index (κ3) is 5.03. The number of nitrogens with two attached hydrogens (primary N) is 1. The van der Waals surface area contributed by atoms with Crippen LogP contribution in [0.15, 0.2) is 5.16 Å². The minimum atomic E-state index is -0.185. The zero-order valence-electron chi connectivity index (χ0n) is 8.71. The first-order valence-corrected chi connectivity index (χ1v) is 5.75. The van der Waals surface area contributed by atoms with Gasteiger partial charge in [0.25, 0.3) is 0 Å². The average Bonchev–Trinajstić information content (AvgIpc) is 2.11. The molecule has 0 saturated carbocycles. The highest BCUT2D eigenvalue weighted by atomic mass is 32.2. The molecule has 0 rings (SSSR count). The molecule has 3 N–H and O–H groups in total. The lowest BCUT2D eigenvalue weighted by Gasteiger charge is -2.22. The SMILES string of the molecule is CCCSCCC(C)(C)C(N)=NO. The van der Waals surface area contributed by atoms with Gasteiger partial charge < -0.3 is 10.9 Å². The summed E-state index contributed by atoms with van der Waals surface area (Å²) < 4.78 is 0. The Hall–Kier alpha value is -0.380. The van der Waals surface area contributed by atoms with Crippen LogP contribution < -0.4 is 5.73 Å². The van der Waals surface area contributed by atoms with Gasteiger partial charge in [-0.3, -0.25) is 0 Å². The standard InChI is InChI=1S/C9H20N2OS/c1-4-6-13-7-5-9(2,3)8(10)11-12/h12H,4-7H2,1-3H3,(H2,10,11). The molecule has 0 atom stereocenters. The molecule has 0 aromatic rings. The third-order valence-corrected chi connectivity index (χ3v) is 3.21. The van der Waals surface area contributed by atoms with Crippen molar-refractivity contribution >= 4 is 17.6 Å². The van der Waals surface area contributed by atoms with Crippen molar-refractivity contribution in [3.63, 3.8) is 0 Å². The smallest absolute Gasteiger partial charge is 0.144 e. The van der Waals surface area contributed by atoms with Gasteiger partial charge in [-0.1, -0.05) is 25.9 Å². The molecule has 0 heterocycles. The zero-order chi connectivity index (χ0) is 10.3. The molecule has 0 unspecified atom stereocenters. The van der Waals surface area contributed by atoms with Crippen molar-refractivity contribution in [2.75, 3.05) is 11.5 Å². The van der Waals surface area contributed by atoms with Crippen LogP contribution in [0.2, 0.25) is 0 Å². The fourth-order valence-corrected chi connectivity index (χ4v) is 1.98. The summed E-state index contributed by atoms with van der Waals surface area (Å²) in [6.07, 6.45) is 2.15. The fraction of sp³-hybridized carbons (Fsp3) is 0.889. The van der Waals surface area contributed by atoms with Crippen LogP contribution in [0.4, 0.5) is 0 Å². The first-order chi connectivity index (χ1) is 6.04. The molecule has 13 heavy (non-hydrogen) atoms. The van der Waals surface area contributed by atoms with Crippen LogP contribution in [0.5, 0.6) is 0 Å². The Morgan fingerprint density at radius 1 is 1.46 bits per heavy atom. The predicted octanol–water partition coefficient (Wildman–Crippen LogP) is 2.29. The number of amidine groups is 1. The highest BCUT2D eigenvalue weighted by Crippen LogP contribution is 2.23. The largest absolute Gasteiger partial charge is 0.409 e. The number of oxime groups is 1. The second-order valence-corrected chi connectivity index (χ2v) is 4.96. The van der Waals surface area contributed by atoms with Crippen molar-refractivity contribution in [2.45, 2.75) is 33.6 Å². The van der Waals surface area contributed by atoms with Gasteiger partial charge in [-0.2, -0.15) is 11.8 Å². The molecule has 0 aromatic heterocycles.